The van der Waals surface area contributed by atoms with Crippen molar-refractivity contribution in [3.8, 4) is 0 Å². The second-order valence-electron chi connectivity index (χ2n) is 2.73. The molecule has 3 nitrogen and oxygen atoms in total. The van der Waals surface area contributed by atoms with Crippen LogP contribution in [0, 0.1) is 0 Å². The first-order valence-electron chi connectivity index (χ1n) is 3.99. The zero-order valence-electron chi connectivity index (χ0n) is 6.71. The molecule has 0 radical (unpaired) electrons. The molecule has 0 aromatic carbocycles. The second-order valence-corrected chi connectivity index (χ2v) is 3.15. The summed E-state index contributed by atoms with van der Waals surface area (Å²) < 4.78 is 0. The van der Waals surface area contributed by atoms with E-state index in [0.29, 0.717) is 11.5 Å². The molecule has 0 aromatic heterocycles. The smallest absolute Gasteiger partial charge is 0.120 e. The molecule has 1 heterocycles. The van der Waals surface area contributed by atoms with E-state index in [0.717, 1.165) is 19.4 Å². The van der Waals surface area contributed by atoms with E-state index in [-0.39, 0.29) is 6.04 Å². The van der Waals surface area contributed by atoms with Crippen LogP contribution in [0.1, 0.15) is 19.8 Å². The summed E-state index contributed by atoms with van der Waals surface area (Å²) >= 11 is 5.05. The maximum absolute atomic E-state index is 9.31. The zero-order chi connectivity index (χ0) is 8.27. The van der Waals surface area contributed by atoms with Gasteiger partial charge in [-0.3, -0.25) is 5.21 Å². The van der Waals surface area contributed by atoms with Gasteiger partial charge in [0, 0.05) is 6.54 Å². The predicted octanol–water partition coefficient (Wildman–Crippen LogP) is 0.777. The summed E-state index contributed by atoms with van der Waals surface area (Å²) in [5, 5.41) is 13.8. The molecule has 1 atom stereocenters. The molecule has 1 unspecified atom stereocenters. The summed E-state index contributed by atoms with van der Waals surface area (Å²) in [5.74, 6) is 0. The van der Waals surface area contributed by atoms with Crippen LogP contribution >= 0.6 is 12.2 Å². The van der Waals surface area contributed by atoms with Gasteiger partial charge in [0.25, 0.3) is 0 Å². The van der Waals surface area contributed by atoms with Crippen molar-refractivity contribution in [3.05, 3.63) is 0 Å². The van der Waals surface area contributed by atoms with E-state index in [4.69, 9.17) is 12.2 Å². The Morgan fingerprint density at radius 1 is 1.82 bits per heavy atom. The van der Waals surface area contributed by atoms with E-state index in [2.05, 4.69) is 12.2 Å². The molecule has 11 heavy (non-hydrogen) atoms. The number of nitrogens with zero attached hydrogens (tertiary/aromatic N) is 1. The van der Waals surface area contributed by atoms with Crippen LogP contribution in [0.5, 0.6) is 0 Å². The highest BCUT2D eigenvalue weighted by Crippen LogP contribution is 2.04. The molecule has 4 heteroatoms. The Morgan fingerprint density at radius 3 is 3.18 bits per heavy atom. The number of thiocarbonyl (C=S) groups is 1. The minimum Gasteiger partial charge on any atom is -0.308 e. The van der Waals surface area contributed by atoms with Gasteiger partial charge in [-0.25, -0.2) is 5.06 Å². The number of hydrogen-bond donors (Lipinski definition) is 2. The Kier molecular flexibility index (Phi) is 3.23. The Balaban J connectivity index is 2.56. The average molecular weight is 174 g/mol. The van der Waals surface area contributed by atoms with Gasteiger partial charge in [0.2, 0.25) is 0 Å². The van der Waals surface area contributed by atoms with Gasteiger partial charge in [0.1, 0.15) is 4.99 Å². The van der Waals surface area contributed by atoms with Gasteiger partial charge in [-0.2, -0.15) is 0 Å². The fraction of sp³-hybridized carbons (Fsp3) is 0.857. The molecule has 2 N–H and O–H groups in total. The normalized spacial score (nSPS) is 26.9. The lowest BCUT2D eigenvalue weighted by Gasteiger charge is -2.19. The van der Waals surface area contributed by atoms with Crippen LogP contribution in [0.4, 0.5) is 0 Å². The van der Waals surface area contributed by atoms with Crippen molar-refractivity contribution in [3.63, 3.8) is 0 Å². The second kappa shape index (κ2) is 3.99. The largest absolute Gasteiger partial charge is 0.308 e. The van der Waals surface area contributed by atoms with Crippen molar-refractivity contribution < 1.29 is 5.21 Å². The fourth-order valence-corrected chi connectivity index (χ4v) is 1.54. The van der Waals surface area contributed by atoms with Crippen LogP contribution in [-0.4, -0.2) is 34.4 Å². The summed E-state index contributed by atoms with van der Waals surface area (Å²) in [7, 11) is 0. The summed E-state index contributed by atoms with van der Waals surface area (Å²) in [6.45, 7) is 3.65. The third-order valence-electron chi connectivity index (χ3n) is 1.90. The summed E-state index contributed by atoms with van der Waals surface area (Å²) in [6.07, 6.45) is 1.89. The molecule has 0 saturated carbocycles. The maximum atomic E-state index is 9.31. The number of rotatable bonds is 1. The van der Waals surface area contributed by atoms with Gasteiger partial charge in [-0.05, 0) is 19.4 Å². The van der Waals surface area contributed by atoms with Gasteiger partial charge in [-0.15, -0.1) is 0 Å². The Labute approximate surface area is 72.3 Å². The van der Waals surface area contributed by atoms with E-state index in [1.54, 1.807) is 0 Å². The maximum Gasteiger partial charge on any atom is 0.120 e. The highest BCUT2D eigenvalue weighted by atomic mass is 32.1. The van der Waals surface area contributed by atoms with Crippen LogP contribution in [0.25, 0.3) is 0 Å². The standard InChI is InChI=1S/C7H14N2OS/c1-2-6-7(11)9(10)5-3-4-8-6/h6,8,10H,2-5H2,1H3. The van der Waals surface area contributed by atoms with Crippen LogP contribution in [0.2, 0.25) is 0 Å². The first-order chi connectivity index (χ1) is 5.25. The lowest BCUT2D eigenvalue weighted by molar-refractivity contribution is -0.0122. The molecule has 1 rings (SSSR count). The molecule has 0 aromatic rings. The summed E-state index contributed by atoms with van der Waals surface area (Å²) in [6, 6.07) is 0.178. The first-order valence-corrected chi connectivity index (χ1v) is 4.40. The van der Waals surface area contributed by atoms with Crippen molar-refractivity contribution >= 4 is 17.2 Å². The minimum atomic E-state index is 0.178. The molecule has 0 amide bonds. The van der Waals surface area contributed by atoms with Crippen LogP contribution in [0.3, 0.4) is 0 Å². The lowest BCUT2D eigenvalue weighted by atomic mass is 10.2. The monoisotopic (exact) mass is 174 g/mol. The minimum absolute atomic E-state index is 0.178. The average Bonchev–Trinajstić information content (AvgIpc) is 2.16. The summed E-state index contributed by atoms with van der Waals surface area (Å²) in [5.41, 5.74) is 0. The Morgan fingerprint density at radius 2 is 2.55 bits per heavy atom. The van der Waals surface area contributed by atoms with E-state index in [1.165, 1.54) is 5.06 Å². The highest BCUT2D eigenvalue weighted by molar-refractivity contribution is 7.80. The lowest BCUT2D eigenvalue weighted by Crippen LogP contribution is -2.40. The first kappa shape index (κ1) is 8.90. The van der Waals surface area contributed by atoms with Gasteiger partial charge in [0.05, 0.1) is 6.04 Å². The predicted molar refractivity (Wildman–Crippen MR) is 47.8 cm³/mol. The van der Waals surface area contributed by atoms with E-state index in [1.807, 2.05) is 0 Å². The molecule has 1 aliphatic rings. The van der Waals surface area contributed by atoms with Crippen molar-refractivity contribution in [2.24, 2.45) is 0 Å². The van der Waals surface area contributed by atoms with Gasteiger partial charge in [-0.1, -0.05) is 19.1 Å². The fourth-order valence-electron chi connectivity index (χ4n) is 1.20. The molecular formula is C7H14N2OS. The van der Waals surface area contributed by atoms with Gasteiger partial charge >= 0.3 is 0 Å². The molecule has 0 aliphatic carbocycles. The van der Waals surface area contributed by atoms with Crippen molar-refractivity contribution in [2.45, 2.75) is 25.8 Å². The molecule has 1 saturated heterocycles. The van der Waals surface area contributed by atoms with Gasteiger partial charge < -0.3 is 5.32 Å². The van der Waals surface area contributed by atoms with E-state index < -0.39 is 0 Å². The molecule has 64 valence electrons. The van der Waals surface area contributed by atoms with E-state index >= 15 is 0 Å². The SMILES string of the molecule is CCC1NCCCN(O)C1=S. The van der Waals surface area contributed by atoms with Crippen molar-refractivity contribution in [1.82, 2.24) is 10.4 Å². The third kappa shape index (κ3) is 2.12. The molecule has 0 bridgehead atoms. The third-order valence-corrected chi connectivity index (χ3v) is 2.39. The quantitative estimate of drug-likeness (QED) is 0.576. The van der Waals surface area contributed by atoms with E-state index in [9.17, 15) is 5.21 Å². The highest BCUT2D eigenvalue weighted by Gasteiger charge is 2.19. The molecular weight excluding hydrogens is 160 g/mol. The summed E-state index contributed by atoms with van der Waals surface area (Å²) in [4.78, 5) is 0.630. The molecule has 0 spiro atoms. The number of hydroxylamine groups is 2. The Bertz CT molecular complexity index is 151. The van der Waals surface area contributed by atoms with Crippen molar-refractivity contribution in [1.29, 1.82) is 0 Å². The Hall–Kier alpha value is -0.190. The van der Waals surface area contributed by atoms with Crippen molar-refractivity contribution in [2.75, 3.05) is 13.1 Å². The molecule has 1 fully saturated rings. The number of nitrogens with one attached hydrogen (secondary N) is 1. The zero-order valence-corrected chi connectivity index (χ0v) is 7.52. The van der Waals surface area contributed by atoms with Crippen LogP contribution < -0.4 is 5.32 Å². The van der Waals surface area contributed by atoms with Crippen LogP contribution in [-0.2, 0) is 0 Å². The topological polar surface area (TPSA) is 35.5 Å². The van der Waals surface area contributed by atoms with Gasteiger partial charge in [0.15, 0.2) is 0 Å². The molecule has 1 aliphatic heterocycles. The number of hydrogen-bond acceptors (Lipinski definition) is 3. The van der Waals surface area contributed by atoms with Crippen LogP contribution in [0.15, 0.2) is 0 Å².